The van der Waals surface area contributed by atoms with Crippen LogP contribution in [0.25, 0.3) is 21.7 Å². The molecule has 4 aromatic carbocycles. The molecule has 0 spiro atoms. The van der Waals surface area contributed by atoms with Crippen LogP contribution in [-0.2, 0) is 10.0 Å². The average molecular weight is 507 g/mol. The minimum absolute atomic E-state index is 0.0124. The van der Waals surface area contributed by atoms with Gasteiger partial charge in [0, 0.05) is 27.3 Å². The summed E-state index contributed by atoms with van der Waals surface area (Å²) in [6.45, 7) is 0. The Morgan fingerprint density at radius 3 is 2.51 bits per heavy atom. The van der Waals surface area contributed by atoms with Crippen LogP contribution in [0.2, 0.25) is 0 Å². The standard InChI is InChI=1S/C26H19FN2O4S2/c1-33-21-12-11-17(27)14-24(21)35(31,32)29-20-15-23(26(30)19-9-3-2-8-18(19)20)34-22-10-4-6-16-7-5-13-28-25(16)22/h2-15,29-30H,1H3. The Bertz CT molecular complexity index is 1690. The predicted octanol–water partition coefficient (Wildman–Crippen LogP) is 6.19. The van der Waals surface area contributed by atoms with Gasteiger partial charge in [-0.1, -0.05) is 54.2 Å². The van der Waals surface area contributed by atoms with Gasteiger partial charge in [0.05, 0.1) is 23.2 Å². The van der Waals surface area contributed by atoms with Crippen molar-refractivity contribution >= 4 is 49.1 Å². The molecule has 35 heavy (non-hydrogen) atoms. The van der Waals surface area contributed by atoms with Crippen LogP contribution in [0.4, 0.5) is 10.1 Å². The molecule has 5 aromatic rings. The number of hydrogen-bond donors (Lipinski definition) is 2. The summed E-state index contributed by atoms with van der Waals surface area (Å²) in [5.74, 6) is -0.676. The number of halogens is 1. The van der Waals surface area contributed by atoms with Gasteiger partial charge in [-0.2, -0.15) is 0 Å². The van der Waals surface area contributed by atoms with Crippen LogP contribution in [0.1, 0.15) is 0 Å². The first-order valence-electron chi connectivity index (χ1n) is 10.5. The number of methoxy groups -OCH3 is 1. The predicted molar refractivity (Wildman–Crippen MR) is 135 cm³/mol. The van der Waals surface area contributed by atoms with Crippen molar-refractivity contribution in [3.05, 3.63) is 90.9 Å². The number of nitrogens with zero attached hydrogens (tertiary/aromatic N) is 1. The Morgan fingerprint density at radius 1 is 0.943 bits per heavy atom. The number of aromatic nitrogens is 1. The monoisotopic (exact) mass is 506 g/mol. The van der Waals surface area contributed by atoms with Crippen molar-refractivity contribution in [3.8, 4) is 11.5 Å². The van der Waals surface area contributed by atoms with E-state index < -0.39 is 15.8 Å². The number of aromatic hydroxyl groups is 1. The van der Waals surface area contributed by atoms with Crippen LogP contribution in [-0.4, -0.2) is 25.6 Å². The Kier molecular flexibility index (Phi) is 5.96. The molecule has 9 heteroatoms. The molecule has 0 aliphatic heterocycles. The first kappa shape index (κ1) is 22.9. The van der Waals surface area contributed by atoms with Crippen LogP contribution < -0.4 is 9.46 Å². The number of nitrogens with one attached hydrogen (secondary N) is 1. The topological polar surface area (TPSA) is 88.5 Å². The average Bonchev–Trinajstić information content (AvgIpc) is 2.87. The number of para-hydroxylation sites is 1. The van der Waals surface area contributed by atoms with Gasteiger partial charge in [-0.3, -0.25) is 9.71 Å². The fourth-order valence-corrected chi connectivity index (χ4v) is 6.12. The lowest BCUT2D eigenvalue weighted by Crippen LogP contribution is -2.14. The molecule has 0 atom stereocenters. The van der Waals surface area contributed by atoms with Gasteiger partial charge in [0.1, 0.15) is 22.2 Å². The quantitative estimate of drug-likeness (QED) is 0.267. The summed E-state index contributed by atoms with van der Waals surface area (Å²) in [6.07, 6.45) is 1.69. The highest BCUT2D eigenvalue weighted by Gasteiger charge is 2.23. The Hall–Kier alpha value is -3.82. The second-order valence-electron chi connectivity index (χ2n) is 7.65. The highest BCUT2D eigenvalue weighted by Crippen LogP contribution is 2.44. The first-order valence-corrected chi connectivity index (χ1v) is 12.8. The highest BCUT2D eigenvalue weighted by molar-refractivity contribution is 7.99. The van der Waals surface area contributed by atoms with Crippen molar-refractivity contribution in [3.63, 3.8) is 0 Å². The van der Waals surface area contributed by atoms with Crippen LogP contribution in [0, 0.1) is 5.82 Å². The number of fused-ring (bicyclic) bond motifs is 2. The van der Waals surface area contributed by atoms with Crippen molar-refractivity contribution in [2.75, 3.05) is 11.8 Å². The third-order valence-electron chi connectivity index (χ3n) is 5.46. The van der Waals surface area contributed by atoms with Gasteiger partial charge in [-0.15, -0.1) is 0 Å². The second-order valence-corrected chi connectivity index (χ2v) is 10.4. The fraction of sp³-hybridized carbons (Fsp3) is 0.0385. The molecule has 0 saturated heterocycles. The molecule has 0 saturated carbocycles. The van der Waals surface area contributed by atoms with Crippen LogP contribution in [0.15, 0.2) is 99.7 Å². The Labute approximate surface area is 205 Å². The summed E-state index contributed by atoms with van der Waals surface area (Å²) in [5.41, 5.74) is 1.000. The summed E-state index contributed by atoms with van der Waals surface area (Å²) in [7, 11) is -2.91. The number of phenols is 1. The lowest BCUT2D eigenvalue weighted by Gasteiger charge is -2.16. The molecule has 176 valence electrons. The molecule has 0 unspecified atom stereocenters. The molecule has 0 aliphatic rings. The van der Waals surface area contributed by atoms with E-state index in [2.05, 4.69) is 9.71 Å². The molecular weight excluding hydrogens is 487 g/mol. The maximum atomic E-state index is 13.9. The smallest absolute Gasteiger partial charge is 0.265 e. The molecule has 6 nitrogen and oxygen atoms in total. The fourth-order valence-electron chi connectivity index (χ4n) is 3.83. The highest BCUT2D eigenvalue weighted by atomic mass is 32.2. The van der Waals surface area contributed by atoms with E-state index in [0.717, 1.165) is 27.9 Å². The van der Waals surface area contributed by atoms with Gasteiger partial charge in [0.15, 0.2) is 0 Å². The van der Waals surface area contributed by atoms with E-state index in [1.807, 2.05) is 30.3 Å². The third kappa shape index (κ3) is 4.36. The second kappa shape index (κ2) is 9.09. The van der Waals surface area contributed by atoms with E-state index in [0.29, 0.717) is 15.7 Å². The minimum atomic E-state index is -4.23. The summed E-state index contributed by atoms with van der Waals surface area (Å²) < 4.78 is 48.1. The van der Waals surface area contributed by atoms with Gasteiger partial charge in [0.2, 0.25) is 0 Å². The maximum absolute atomic E-state index is 13.9. The van der Waals surface area contributed by atoms with Gasteiger partial charge in [-0.25, -0.2) is 12.8 Å². The zero-order valence-electron chi connectivity index (χ0n) is 18.4. The lowest BCUT2D eigenvalue weighted by atomic mass is 10.1. The van der Waals surface area contributed by atoms with Gasteiger partial charge >= 0.3 is 0 Å². The first-order chi connectivity index (χ1) is 16.9. The Morgan fingerprint density at radius 2 is 1.71 bits per heavy atom. The van der Waals surface area contributed by atoms with E-state index in [1.165, 1.54) is 24.9 Å². The Balaban J connectivity index is 1.64. The summed E-state index contributed by atoms with van der Waals surface area (Å²) >= 11 is 1.27. The molecule has 0 aliphatic carbocycles. The normalized spacial score (nSPS) is 11.6. The van der Waals surface area contributed by atoms with Crippen LogP contribution >= 0.6 is 11.8 Å². The van der Waals surface area contributed by atoms with Gasteiger partial charge in [-0.05, 0) is 36.4 Å². The lowest BCUT2D eigenvalue weighted by molar-refractivity contribution is 0.401. The van der Waals surface area contributed by atoms with E-state index >= 15 is 0 Å². The van der Waals surface area contributed by atoms with Crippen molar-refractivity contribution < 1.29 is 22.7 Å². The zero-order valence-corrected chi connectivity index (χ0v) is 20.0. The molecule has 5 rings (SSSR count). The van der Waals surface area contributed by atoms with Gasteiger partial charge < -0.3 is 9.84 Å². The van der Waals surface area contributed by atoms with Crippen molar-refractivity contribution in [1.29, 1.82) is 0 Å². The zero-order chi connectivity index (χ0) is 24.6. The van der Waals surface area contributed by atoms with Crippen LogP contribution in [0.3, 0.4) is 0 Å². The van der Waals surface area contributed by atoms with Crippen LogP contribution in [0.5, 0.6) is 11.5 Å². The number of benzene rings is 4. The van der Waals surface area contributed by atoms with Gasteiger partial charge in [0.25, 0.3) is 10.0 Å². The number of hydrogen-bond acceptors (Lipinski definition) is 6. The molecule has 0 bridgehead atoms. The number of pyridine rings is 1. The molecule has 2 N–H and O–H groups in total. The third-order valence-corrected chi connectivity index (χ3v) is 7.92. The number of sulfonamides is 1. The maximum Gasteiger partial charge on any atom is 0.265 e. The molecule has 0 fully saturated rings. The van der Waals surface area contributed by atoms with E-state index in [4.69, 9.17) is 4.74 Å². The van der Waals surface area contributed by atoms with Crippen molar-refractivity contribution in [2.24, 2.45) is 0 Å². The van der Waals surface area contributed by atoms with E-state index in [1.54, 1.807) is 36.5 Å². The number of anilines is 1. The van der Waals surface area contributed by atoms with E-state index in [-0.39, 0.29) is 22.1 Å². The van der Waals surface area contributed by atoms with Crippen molar-refractivity contribution in [2.45, 2.75) is 14.7 Å². The SMILES string of the molecule is COc1ccc(F)cc1S(=O)(=O)Nc1cc(Sc2cccc3cccnc23)c(O)c2ccccc12. The number of ether oxygens (including phenoxy) is 1. The molecule has 0 radical (unpaired) electrons. The minimum Gasteiger partial charge on any atom is -0.506 e. The number of rotatable bonds is 6. The molecule has 1 aromatic heterocycles. The molecule has 1 heterocycles. The molecule has 0 amide bonds. The molecular formula is C26H19FN2O4S2. The summed E-state index contributed by atoms with van der Waals surface area (Å²) in [5, 5.41) is 13.0. The largest absolute Gasteiger partial charge is 0.506 e. The van der Waals surface area contributed by atoms with E-state index in [9.17, 15) is 17.9 Å². The summed E-state index contributed by atoms with van der Waals surface area (Å²) in [6, 6.07) is 21.3. The van der Waals surface area contributed by atoms with Crippen molar-refractivity contribution in [1.82, 2.24) is 4.98 Å². The summed E-state index contributed by atoms with van der Waals surface area (Å²) in [4.78, 5) is 5.36. The number of phenolic OH excluding ortho intramolecular Hbond substituents is 1.